The van der Waals surface area contributed by atoms with Crippen LogP contribution in [0.1, 0.15) is 49.0 Å². The number of rotatable bonds is 4. The first-order valence-corrected chi connectivity index (χ1v) is 14.0. The van der Waals surface area contributed by atoms with E-state index in [1.54, 1.807) is 30.3 Å². The predicted octanol–water partition coefficient (Wildman–Crippen LogP) is 5.71. The average molecular weight is 555 g/mol. The number of fused-ring (bicyclic) bond motifs is 7. The van der Waals surface area contributed by atoms with Gasteiger partial charge in [0.1, 0.15) is 11.5 Å². The highest BCUT2D eigenvalue weighted by Crippen LogP contribution is 2.62. The molecule has 4 aliphatic heterocycles. The van der Waals surface area contributed by atoms with Gasteiger partial charge in [0.25, 0.3) is 0 Å². The molecule has 7 nitrogen and oxygen atoms in total. The Kier molecular flexibility index (Phi) is 5.22. The lowest BCUT2D eigenvalue weighted by Gasteiger charge is -2.38. The zero-order valence-electron chi connectivity index (χ0n) is 22.7. The van der Waals surface area contributed by atoms with Crippen molar-refractivity contribution in [3.8, 4) is 11.5 Å². The molecule has 1 spiro atoms. The number of amides is 1. The third kappa shape index (κ3) is 3.25. The molecule has 1 fully saturated rings. The predicted molar refractivity (Wildman–Crippen MR) is 156 cm³/mol. The molecule has 0 bridgehead atoms. The minimum absolute atomic E-state index is 0.0821. The molecule has 4 aromatic rings. The summed E-state index contributed by atoms with van der Waals surface area (Å²) in [5.74, 6) is -0.772. The highest BCUT2D eigenvalue weighted by atomic mass is 16.7. The first-order chi connectivity index (χ1) is 20.5. The lowest BCUT2D eigenvalue weighted by molar-refractivity contribution is -0.122. The van der Waals surface area contributed by atoms with E-state index in [9.17, 15) is 14.4 Å². The van der Waals surface area contributed by atoms with Crippen LogP contribution < -0.4 is 14.8 Å². The van der Waals surface area contributed by atoms with Gasteiger partial charge >= 0.3 is 0 Å². The van der Waals surface area contributed by atoms with Crippen molar-refractivity contribution in [2.24, 2.45) is 5.92 Å². The van der Waals surface area contributed by atoms with Gasteiger partial charge in [-0.1, -0.05) is 72.3 Å². The van der Waals surface area contributed by atoms with Crippen LogP contribution in [0, 0.1) is 12.8 Å². The second-order valence-electron chi connectivity index (χ2n) is 11.2. The number of benzene rings is 4. The van der Waals surface area contributed by atoms with Crippen LogP contribution in [0.5, 0.6) is 11.5 Å². The van der Waals surface area contributed by atoms with Crippen molar-refractivity contribution < 1.29 is 23.9 Å². The van der Waals surface area contributed by atoms with Gasteiger partial charge in [-0.2, -0.15) is 0 Å². The number of hydrogen-bond acceptors (Lipinski definition) is 6. The van der Waals surface area contributed by atoms with Crippen LogP contribution in [0.2, 0.25) is 0 Å². The Morgan fingerprint density at radius 1 is 0.857 bits per heavy atom. The average Bonchev–Trinajstić information content (AvgIpc) is 3.70. The maximum atomic E-state index is 14.8. The highest BCUT2D eigenvalue weighted by molar-refractivity contribution is 6.16. The van der Waals surface area contributed by atoms with E-state index in [-0.39, 0.29) is 24.3 Å². The van der Waals surface area contributed by atoms with Crippen molar-refractivity contribution in [1.29, 1.82) is 0 Å². The number of aryl methyl sites for hydroxylation is 1. The number of para-hydroxylation sites is 1. The Balaban J connectivity index is 1.40. The Bertz CT molecular complexity index is 1840. The van der Waals surface area contributed by atoms with Crippen molar-refractivity contribution in [1.82, 2.24) is 4.90 Å². The van der Waals surface area contributed by atoms with Gasteiger partial charge in [-0.05, 0) is 54.0 Å². The standard InChI is InChI=1S/C35H26N2O5/c1-20-10-12-22(13-11-20)31(38)29-30(32(39)23-14-15-27-28(18-23)42-19-41-27)37-17-16-21-6-2-3-7-24(21)33(37)35(29)25-8-4-5-9-26(25)36-34(35)40/h2-18,29-30,33H,19H2,1H3,(H,36,40)/t29-,30+,33+,35+/m0/s1. The van der Waals surface area contributed by atoms with Crippen molar-refractivity contribution >= 4 is 29.2 Å². The van der Waals surface area contributed by atoms with Crippen molar-refractivity contribution in [3.05, 3.63) is 131 Å². The molecule has 1 saturated heterocycles. The Hall–Kier alpha value is -5.17. The number of nitrogens with one attached hydrogen (secondary N) is 1. The normalized spacial score (nSPS) is 24.3. The molecule has 7 heteroatoms. The largest absolute Gasteiger partial charge is 0.454 e. The van der Waals surface area contributed by atoms with Crippen LogP contribution in [0.3, 0.4) is 0 Å². The van der Waals surface area contributed by atoms with Crippen molar-refractivity contribution in [3.63, 3.8) is 0 Å². The summed E-state index contributed by atoms with van der Waals surface area (Å²) >= 11 is 0. The van der Waals surface area contributed by atoms with Crippen LogP contribution in [0.4, 0.5) is 5.69 Å². The Morgan fingerprint density at radius 2 is 1.60 bits per heavy atom. The number of anilines is 1. The van der Waals surface area contributed by atoms with E-state index >= 15 is 0 Å². The van der Waals surface area contributed by atoms with E-state index in [0.29, 0.717) is 28.3 Å². The first kappa shape index (κ1) is 24.6. The minimum Gasteiger partial charge on any atom is -0.454 e. The summed E-state index contributed by atoms with van der Waals surface area (Å²) in [6.07, 6.45) is 3.83. The molecule has 4 aromatic carbocycles. The monoisotopic (exact) mass is 554 g/mol. The fourth-order valence-corrected chi connectivity index (χ4v) is 7.29. The van der Waals surface area contributed by atoms with E-state index in [0.717, 1.165) is 22.3 Å². The number of Topliss-reactive ketones (excluding diaryl/α,β-unsaturated/α-hetero) is 2. The van der Waals surface area contributed by atoms with Gasteiger partial charge in [0.2, 0.25) is 12.7 Å². The number of ether oxygens (including phenoxy) is 2. The zero-order chi connectivity index (χ0) is 28.6. The van der Waals surface area contributed by atoms with Crippen LogP contribution >= 0.6 is 0 Å². The smallest absolute Gasteiger partial charge is 0.238 e. The van der Waals surface area contributed by atoms with E-state index < -0.39 is 23.4 Å². The molecule has 206 valence electrons. The first-order valence-electron chi connectivity index (χ1n) is 14.0. The molecule has 0 aliphatic carbocycles. The van der Waals surface area contributed by atoms with Gasteiger partial charge in [-0.3, -0.25) is 14.4 Å². The fraction of sp³-hybridized carbons (Fsp3) is 0.171. The molecule has 8 rings (SSSR count). The summed E-state index contributed by atoms with van der Waals surface area (Å²) in [6.45, 7) is 2.04. The third-order valence-electron chi connectivity index (χ3n) is 9.11. The number of nitrogens with zero attached hydrogens (tertiary/aromatic N) is 1. The molecular formula is C35H26N2O5. The lowest BCUT2D eigenvalue weighted by atomic mass is 9.62. The summed E-state index contributed by atoms with van der Waals surface area (Å²) in [5, 5.41) is 3.08. The van der Waals surface area contributed by atoms with Crippen LogP contribution in [0.25, 0.3) is 6.08 Å². The van der Waals surface area contributed by atoms with Crippen molar-refractivity contribution in [2.45, 2.75) is 24.4 Å². The third-order valence-corrected chi connectivity index (χ3v) is 9.11. The molecule has 0 saturated carbocycles. The summed E-state index contributed by atoms with van der Waals surface area (Å²) in [4.78, 5) is 46.0. The SMILES string of the molecule is Cc1ccc(C(=O)[C@@H]2[C@H](C(=O)c3ccc4c(c3)OCO4)N3C=Cc4ccccc4[C@@H]3[C@]23C(=O)Nc2ccccc23)cc1. The van der Waals surface area contributed by atoms with Gasteiger partial charge in [0.05, 0.1) is 12.0 Å². The maximum absolute atomic E-state index is 14.8. The molecule has 42 heavy (non-hydrogen) atoms. The molecule has 1 amide bonds. The number of hydrogen-bond donors (Lipinski definition) is 1. The molecular weight excluding hydrogens is 528 g/mol. The van der Waals surface area contributed by atoms with Gasteiger partial charge in [-0.15, -0.1) is 0 Å². The van der Waals surface area contributed by atoms with E-state index in [4.69, 9.17) is 9.47 Å². The van der Waals surface area contributed by atoms with Gasteiger partial charge in [-0.25, -0.2) is 0 Å². The van der Waals surface area contributed by atoms with Crippen molar-refractivity contribution in [2.75, 3.05) is 12.1 Å². The second-order valence-corrected chi connectivity index (χ2v) is 11.2. The van der Waals surface area contributed by atoms with Gasteiger partial charge in [0, 0.05) is 23.0 Å². The highest BCUT2D eigenvalue weighted by Gasteiger charge is 2.70. The second kappa shape index (κ2) is 8.91. The van der Waals surface area contributed by atoms with Crippen LogP contribution in [-0.4, -0.2) is 35.2 Å². The molecule has 1 N–H and O–H groups in total. The van der Waals surface area contributed by atoms with E-state index in [2.05, 4.69) is 5.32 Å². The topological polar surface area (TPSA) is 84.9 Å². The molecule has 4 atom stereocenters. The summed E-state index contributed by atoms with van der Waals surface area (Å²) < 4.78 is 11.1. The Labute approximate surface area is 242 Å². The molecule has 4 aliphatic rings. The van der Waals surface area contributed by atoms with E-state index in [1.165, 1.54) is 0 Å². The summed E-state index contributed by atoms with van der Waals surface area (Å²) in [6, 6.07) is 26.3. The molecule has 0 unspecified atom stereocenters. The summed E-state index contributed by atoms with van der Waals surface area (Å²) in [7, 11) is 0. The summed E-state index contributed by atoms with van der Waals surface area (Å²) in [5.41, 5.74) is 3.73. The van der Waals surface area contributed by atoms with E-state index in [1.807, 2.05) is 84.8 Å². The maximum Gasteiger partial charge on any atom is 0.238 e. The minimum atomic E-state index is -1.36. The number of carbonyl (C=O) groups is 3. The van der Waals surface area contributed by atoms with Crippen LogP contribution in [0.15, 0.2) is 97.2 Å². The zero-order valence-corrected chi connectivity index (χ0v) is 22.7. The number of ketones is 2. The molecule has 0 radical (unpaired) electrons. The van der Waals surface area contributed by atoms with Gasteiger partial charge in [0.15, 0.2) is 23.1 Å². The number of carbonyl (C=O) groups excluding carboxylic acids is 3. The fourth-order valence-electron chi connectivity index (χ4n) is 7.29. The quantitative estimate of drug-likeness (QED) is 0.326. The van der Waals surface area contributed by atoms with Crippen LogP contribution in [-0.2, 0) is 10.2 Å². The molecule has 4 heterocycles. The lowest BCUT2D eigenvalue weighted by Crippen LogP contribution is -2.49. The molecule has 0 aromatic heterocycles. The Morgan fingerprint density at radius 3 is 2.45 bits per heavy atom. The van der Waals surface area contributed by atoms with Gasteiger partial charge < -0.3 is 19.7 Å².